The molecule has 0 unspecified atom stereocenters. The smallest absolute Gasteiger partial charge is 0.339 e. The number of H-pyrrole nitrogens is 1. The fourth-order valence-corrected chi connectivity index (χ4v) is 3.26. The van der Waals surface area contributed by atoms with Crippen LogP contribution in [0, 0.1) is 19.3 Å². The lowest BCUT2D eigenvalue weighted by Gasteiger charge is -2.16. The molecule has 1 fully saturated rings. The van der Waals surface area contributed by atoms with E-state index in [0.29, 0.717) is 16.8 Å². The Balaban J connectivity index is 2.18. The van der Waals surface area contributed by atoms with Gasteiger partial charge in [0.1, 0.15) is 9.75 Å². The molecule has 1 saturated carbocycles. The van der Waals surface area contributed by atoms with E-state index < -0.39 is 33.6 Å². The molecule has 0 aromatic carbocycles. The molecular formula is C16H19Cl2NO5. The number of esters is 2. The minimum atomic E-state index is -1.16. The Kier molecular flexibility index (Phi) is 4.76. The molecule has 6 nitrogen and oxygen atoms in total. The molecule has 0 saturated heterocycles. The molecule has 0 spiro atoms. The summed E-state index contributed by atoms with van der Waals surface area (Å²) in [6.07, 6.45) is -0.767. The van der Waals surface area contributed by atoms with Crippen molar-refractivity contribution in [3.05, 3.63) is 22.5 Å². The van der Waals surface area contributed by atoms with Crippen LogP contribution in [0.4, 0.5) is 0 Å². The minimum Gasteiger partial charge on any atom is -0.465 e. The molecule has 2 rings (SSSR count). The molecule has 1 N–H and O–H groups in total. The van der Waals surface area contributed by atoms with Crippen LogP contribution in [0.25, 0.3) is 0 Å². The zero-order chi connectivity index (χ0) is 18.4. The van der Waals surface area contributed by atoms with Gasteiger partial charge in [0, 0.05) is 12.1 Å². The summed E-state index contributed by atoms with van der Waals surface area (Å²) in [5, 5.41) is 0. The first-order chi connectivity index (χ1) is 11.0. The van der Waals surface area contributed by atoms with E-state index >= 15 is 0 Å². The highest BCUT2D eigenvalue weighted by molar-refractivity contribution is 6.53. The van der Waals surface area contributed by atoms with Gasteiger partial charge in [-0.1, -0.05) is 0 Å². The van der Waals surface area contributed by atoms with Crippen LogP contribution >= 0.6 is 23.2 Å². The maximum absolute atomic E-state index is 12.6. The normalized spacial score (nSPS) is 22.6. The van der Waals surface area contributed by atoms with Crippen molar-refractivity contribution in [1.29, 1.82) is 0 Å². The molecule has 8 heteroatoms. The maximum atomic E-state index is 12.6. The standard InChI is InChI=1S/C16H19Cl2NO5/c1-7-10(13(21)23-5)8(2)19-11(7)12(20)9(3)24-14(22)15(4)6-16(15,17)18/h9,19H,6H2,1-5H3/t9-,15+/m1/s1. The number of aryl methyl sites for hydroxylation is 1. The predicted molar refractivity (Wildman–Crippen MR) is 88.7 cm³/mol. The molecule has 0 aliphatic heterocycles. The van der Waals surface area contributed by atoms with Gasteiger partial charge in [-0.2, -0.15) is 0 Å². The molecular weight excluding hydrogens is 357 g/mol. The number of aromatic amines is 1. The van der Waals surface area contributed by atoms with Gasteiger partial charge in [-0.15, -0.1) is 23.2 Å². The van der Waals surface area contributed by atoms with Crippen LogP contribution in [0.5, 0.6) is 0 Å². The number of halogens is 2. The van der Waals surface area contributed by atoms with Crippen molar-refractivity contribution in [1.82, 2.24) is 4.98 Å². The molecule has 0 radical (unpaired) electrons. The lowest BCUT2D eigenvalue weighted by Crippen LogP contribution is -2.30. The van der Waals surface area contributed by atoms with Gasteiger partial charge in [0.05, 0.1) is 18.4 Å². The number of hydrogen-bond acceptors (Lipinski definition) is 5. The van der Waals surface area contributed by atoms with Gasteiger partial charge in [0.2, 0.25) is 5.78 Å². The van der Waals surface area contributed by atoms with Crippen LogP contribution in [0.1, 0.15) is 52.4 Å². The highest BCUT2D eigenvalue weighted by atomic mass is 35.5. The molecule has 0 bridgehead atoms. The number of aromatic nitrogens is 1. The van der Waals surface area contributed by atoms with Gasteiger partial charge in [-0.25, -0.2) is 4.79 Å². The number of hydrogen-bond donors (Lipinski definition) is 1. The van der Waals surface area contributed by atoms with Crippen molar-refractivity contribution >= 4 is 40.9 Å². The van der Waals surface area contributed by atoms with E-state index in [9.17, 15) is 14.4 Å². The molecule has 1 aromatic rings. The van der Waals surface area contributed by atoms with E-state index in [0.717, 1.165) is 0 Å². The lowest BCUT2D eigenvalue weighted by molar-refractivity contribution is -0.152. The molecule has 2 atom stereocenters. The summed E-state index contributed by atoms with van der Waals surface area (Å²) in [7, 11) is 1.26. The Hall–Kier alpha value is -1.53. The maximum Gasteiger partial charge on any atom is 0.339 e. The van der Waals surface area contributed by atoms with Crippen LogP contribution in [-0.2, 0) is 14.3 Å². The van der Waals surface area contributed by atoms with Crippen molar-refractivity contribution < 1.29 is 23.9 Å². The Labute approximate surface area is 149 Å². The summed E-state index contributed by atoms with van der Waals surface area (Å²) in [5.41, 5.74) is 0.457. The van der Waals surface area contributed by atoms with Gasteiger partial charge in [-0.3, -0.25) is 9.59 Å². The van der Waals surface area contributed by atoms with Gasteiger partial charge in [0.15, 0.2) is 6.10 Å². The van der Waals surface area contributed by atoms with Crippen LogP contribution in [0.2, 0.25) is 0 Å². The molecule has 1 aliphatic carbocycles. The molecule has 1 heterocycles. The largest absolute Gasteiger partial charge is 0.465 e. The number of ether oxygens (including phenoxy) is 2. The monoisotopic (exact) mass is 375 g/mol. The van der Waals surface area contributed by atoms with E-state index in [1.165, 1.54) is 14.0 Å². The van der Waals surface area contributed by atoms with E-state index in [4.69, 9.17) is 32.7 Å². The average molecular weight is 376 g/mol. The number of carbonyl (C=O) groups is 3. The third-order valence-corrected chi connectivity index (χ3v) is 5.54. The lowest BCUT2D eigenvalue weighted by atomic mass is 10.1. The van der Waals surface area contributed by atoms with Crippen molar-refractivity contribution in [2.75, 3.05) is 7.11 Å². The summed E-state index contributed by atoms with van der Waals surface area (Å²) >= 11 is 11.9. The third kappa shape index (κ3) is 2.93. The second kappa shape index (κ2) is 6.08. The molecule has 1 aliphatic rings. The fraction of sp³-hybridized carbons (Fsp3) is 0.562. The second-order valence-electron chi connectivity index (χ2n) is 6.24. The molecule has 132 valence electrons. The summed E-state index contributed by atoms with van der Waals surface area (Å²) in [6, 6.07) is 0. The van der Waals surface area contributed by atoms with E-state index in [2.05, 4.69) is 4.98 Å². The molecule has 24 heavy (non-hydrogen) atoms. The quantitative estimate of drug-likeness (QED) is 0.485. The topological polar surface area (TPSA) is 85.5 Å². The van der Waals surface area contributed by atoms with Gasteiger partial charge < -0.3 is 14.5 Å². The molecule has 0 amide bonds. The first kappa shape index (κ1) is 18.8. The molecule has 1 aromatic heterocycles. The SMILES string of the molecule is COC(=O)c1c(C)[nH]c(C(=O)[C@@H](C)OC(=O)[C@]2(C)CC2(Cl)Cl)c1C. The Bertz CT molecular complexity index is 724. The van der Waals surface area contributed by atoms with Crippen LogP contribution in [-0.4, -0.2) is 40.3 Å². The van der Waals surface area contributed by atoms with Crippen molar-refractivity contribution in [2.45, 2.75) is 44.6 Å². The van der Waals surface area contributed by atoms with Crippen LogP contribution in [0.3, 0.4) is 0 Å². The van der Waals surface area contributed by atoms with Crippen LogP contribution < -0.4 is 0 Å². The highest BCUT2D eigenvalue weighted by Gasteiger charge is 2.69. The summed E-state index contributed by atoms with van der Waals surface area (Å²) in [5.74, 6) is -1.61. The second-order valence-corrected chi connectivity index (χ2v) is 7.73. The minimum absolute atomic E-state index is 0.206. The number of Topliss-reactive ketones (excluding diaryl/α,β-unsaturated/α-hetero) is 1. The fourth-order valence-electron chi connectivity index (χ4n) is 2.57. The number of alkyl halides is 2. The highest BCUT2D eigenvalue weighted by Crippen LogP contribution is 2.64. The Morgan fingerprint density at radius 3 is 2.25 bits per heavy atom. The third-order valence-electron chi connectivity index (χ3n) is 4.43. The number of carbonyl (C=O) groups excluding carboxylic acids is 3. The summed E-state index contributed by atoms with van der Waals surface area (Å²) < 4.78 is 8.77. The number of ketones is 1. The zero-order valence-electron chi connectivity index (χ0n) is 14.1. The average Bonchev–Trinajstić information content (AvgIpc) is 2.88. The van der Waals surface area contributed by atoms with Gasteiger partial charge >= 0.3 is 11.9 Å². The summed E-state index contributed by atoms with van der Waals surface area (Å²) in [6.45, 7) is 6.34. The van der Waals surface area contributed by atoms with E-state index in [1.807, 2.05) is 0 Å². The first-order valence-corrected chi connectivity index (χ1v) is 8.12. The van der Waals surface area contributed by atoms with E-state index in [-0.39, 0.29) is 12.1 Å². The Morgan fingerprint density at radius 1 is 1.25 bits per heavy atom. The van der Waals surface area contributed by atoms with Gasteiger partial charge in [0.25, 0.3) is 0 Å². The van der Waals surface area contributed by atoms with Crippen molar-refractivity contribution in [3.63, 3.8) is 0 Å². The van der Waals surface area contributed by atoms with Gasteiger partial charge in [-0.05, 0) is 33.3 Å². The Morgan fingerprint density at radius 2 is 1.79 bits per heavy atom. The number of methoxy groups -OCH3 is 1. The van der Waals surface area contributed by atoms with Crippen molar-refractivity contribution in [2.24, 2.45) is 5.41 Å². The predicted octanol–water partition coefficient (Wildman–Crippen LogP) is 3.12. The van der Waals surface area contributed by atoms with Crippen LogP contribution in [0.15, 0.2) is 0 Å². The van der Waals surface area contributed by atoms with E-state index in [1.54, 1.807) is 20.8 Å². The van der Waals surface area contributed by atoms with Crippen molar-refractivity contribution in [3.8, 4) is 0 Å². The number of rotatable bonds is 5. The first-order valence-electron chi connectivity index (χ1n) is 7.37. The summed E-state index contributed by atoms with van der Waals surface area (Å²) in [4.78, 5) is 39.4. The number of nitrogens with one attached hydrogen (secondary N) is 1. The zero-order valence-corrected chi connectivity index (χ0v) is 15.6.